The van der Waals surface area contributed by atoms with E-state index in [1.807, 2.05) is 0 Å². The molecule has 1 aliphatic carbocycles. The van der Waals surface area contributed by atoms with Crippen LogP contribution in [0.15, 0.2) is 24.3 Å². The Morgan fingerprint density at radius 1 is 0.579 bits per heavy atom. The Balaban J connectivity index is 0. The van der Waals surface area contributed by atoms with Crippen molar-refractivity contribution in [3.05, 3.63) is 24.3 Å². The van der Waals surface area contributed by atoms with Gasteiger partial charge in [-0.25, -0.2) is 0 Å². The fourth-order valence-corrected chi connectivity index (χ4v) is 0.998. The fourth-order valence-electron chi connectivity index (χ4n) is 0.998. The maximum Gasteiger partial charge on any atom is 0.457 e. The molecule has 0 N–H and O–H groups in total. The zero-order valence-corrected chi connectivity index (χ0v) is 12.0. The average molecular weight is 465 g/mol. The van der Waals surface area contributed by atoms with Crippen molar-refractivity contribution in [3.63, 3.8) is 0 Å². The first-order valence-electron chi connectivity index (χ1n) is 5.18. The molecule has 0 radical (unpaired) electrons. The molecule has 112 valence electrons. The second kappa shape index (κ2) is 10.1. The van der Waals surface area contributed by atoms with Crippen molar-refractivity contribution in [3.8, 4) is 11.8 Å². The zero-order chi connectivity index (χ0) is 14.1. The van der Waals surface area contributed by atoms with Gasteiger partial charge in [-0.1, -0.05) is 24.3 Å². The van der Waals surface area contributed by atoms with Crippen LogP contribution in [0.4, 0.5) is 26.3 Å². The molecule has 7 heteroatoms. The van der Waals surface area contributed by atoms with E-state index in [9.17, 15) is 26.3 Å². The van der Waals surface area contributed by atoms with Gasteiger partial charge in [0.2, 0.25) is 0 Å². The quantitative estimate of drug-likeness (QED) is 0.275. The van der Waals surface area contributed by atoms with Crippen LogP contribution in [0.5, 0.6) is 0 Å². The molecular weight excluding hydrogens is 453 g/mol. The summed E-state index contributed by atoms with van der Waals surface area (Å²) in [5.41, 5.74) is 0. The molecule has 0 fully saturated rings. The Morgan fingerprint density at radius 3 is 0.947 bits per heavy atom. The van der Waals surface area contributed by atoms with E-state index >= 15 is 0 Å². The molecule has 0 aromatic rings. The van der Waals surface area contributed by atoms with Gasteiger partial charge in [0.15, 0.2) is 0 Å². The van der Waals surface area contributed by atoms with Crippen molar-refractivity contribution in [2.24, 2.45) is 0 Å². The minimum absolute atomic E-state index is 0. The monoisotopic (exact) mass is 465 g/mol. The minimum atomic E-state index is -5.07. The molecule has 0 heterocycles. The van der Waals surface area contributed by atoms with Crippen LogP contribution in [0.1, 0.15) is 25.7 Å². The van der Waals surface area contributed by atoms with Gasteiger partial charge in [0.1, 0.15) is 0 Å². The Kier molecular flexibility index (Phi) is 11.0. The topological polar surface area (TPSA) is 0 Å². The number of halogens is 6. The molecule has 0 atom stereocenters. The second-order valence-corrected chi connectivity index (χ2v) is 3.34. The molecule has 0 nitrogen and oxygen atoms in total. The van der Waals surface area contributed by atoms with E-state index in [1.54, 1.807) is 0 Å². The van der Waals surface area contributed by atoms with Gasteiger partial charge in [-0.2, -0.15) is 26.3 Å². The van der Waals surface area contributed by atoms with Crippen molar-refractivity contribution in [1.82, 2.24) is 0 Å². The third kappa shape index (κ3) is 19.8. The molecule has 0 aromatic heterocycles. The number of alkyl halides is 6. The number of hydrogen-bond donors (Lipinski definition) is 0. The van der Waals surface area contributed by atoms with Crippen molar-refractivity contribution in [2.45, 2.75) is 38.0 Å². The van der Waals surface area contributed by atoms with E-state index in [4.69, 9.17) is 0 Å². The summed E-state index contributed by atoms with van der Waals surface area (Å²) in [6, 6.07) is 0. The van der Waals surface area contributed by atoms with Gasteiger partial charge in [-0.15, -0.1) is 0 Å². The predicted octanol–water partition coefficient (Wildman–Crippen LogP) is 4.78. The Morgan fingerprint density at radius 2 is 0.789 bits per heavy atom. The third-order valence-electron chi connectivity index (χ3n) is 1.68. The first-order valence-corrected chi connectivity index (χ1v) is 5.18. The Hall–Kier alpha value is -0.692. The molecule has 19 heavy (non-hydrogen) atoms. The SMILES string of the molecule is C1=C\CC/C=C\CC/1.FC(F)(F)C#CC(F)(F)F.[Pt]. The molecule has 0 aliphatic heterocycles. The van der Waals surface area contributed by atoms with Crippen LogP contribution in [0, 0.1) is 11.8 Å². The zero-order valence-electron chi connectivity index (χ0n) is 9.72. The molecule has 0 saturated carbocycles. The first kappa shape index (κ1) is 20.6. The van der Waals surface area contributed by atoms with Crippen LogP contribution in [0.2, 0.25) is 0 Å². The van der Waals surface area contributed by atoms with Gasteiger partial charge in [-0.3, -0.25) is 0 Å². The molecule has 0 bridgehead atoms. The van der Waals surface area contributed by atoms with Gasteiger partial charge < -0.3 is 0 Å². The second-order valence-electron chi connectivity index (χ2n) is 3.34. The fraction of sp³-hybridized carbons (Fsp3) is 0.500. The summed E-state index contributed by atoms with van der Waals surface area (Å²) in [6.45, 7) is 0. The van der Waals surface area contributed by atoms with Crippen LogP contribution >= 0.6 is 0 Å². The molecule has 0 spiro atoms. The molecular formula is C12H12F6Pt. The average Bonchev–Trinajstić information content (AvgIpc) is 2.12. The van der Waals surface area contributed by atoms with Crippen molar-refractivity contribution in [1.29, 1.82) is 0 Å². The van der Waals surface area contributed by atoms with Gasteiger partial charge >= 0.3 is 12.4 Å². The van der Waals surface area contributed by atoms with Crippen LogP contribution in [0.25, 0.3) is 0 Å². The molecule has 1 rings (SSSR count). The number of hydrogen-bond acceptors (Lipinski definition) is 0. The standard InChI is InChI=1S/C8H12.C4F6.Pt/c1-2-4-6-8-7-5-3-1;5-3(6,7)1-2-4(8,9)10;/h1-2,7-8H,3-6H2;;/b2-1-,8-7-;;. The van der Waals surface area contributed by atoms with Gasteiger partial charge in [-0.05, 0) is 25.7 Å². The van der Waals surface area contributed by atoms with Gasteiger partial charge in [0, 0.05) is 32.9 Å². The molecule has 0 saturated heterocycles. The van der Waals surface area contributed by atoms with E-state index in [1.165, 1.54) is 25.7 Å². The summed E-state index contributed by atoms with van der Waals surface area (Å²) in [5.74, 6) is 0.174. The normalized spacial score (nSPS) is 18.2. The van der Waals surface area contributed by atoms with Crippen molar-refractivity contribution < 1.29 is 47.4 Å². The van der Waals surface area contributed by atoms with E-state index in [0.29, 0.717) is 0 Å². The van der Waals surface area contributed by atoms with Crippen LogP contribution in [0.3, 0.4) is 0 Å². The Labute approximate surface area is 122 Å². The molecule has 1 aliphatic rings. The third-order valence-corrected chi connectivity index (χ3v) is 1.68. The molecule has 0 aromatic carbocycles. The van der Waals surface area contributed by atoms with Crippen LogP contribution < -0.4 is 0 Å². The smallest absolute Gasteiger partial charge is 0.159 e. The van der Waals surface area contributed by atoms with E-state index < -0.39 is 12.4 Å². The summed E-state index contributed by atoms with van der Waals surface area (Å²) in [5, 5.41) is 0. The maximum absolute atomic E-state index is 10.9. The van der Waals surface area contributed by atoms with Gasteiger partial charge in [0.05, 0.1) is 0 Å². The van der Waals surface area contributed by atoms with Crippen LogP contribution in [-0.2, 0) is 21.1 Å². The Bertz CT molecular complexity index is 296. The van der Waals surface area contributed by atoms with Crippen LogP contribution in [-0.4, -0.2) is 12.4 Å². The summed E-state index contributed by atoms with van der Waals surface area (Å²) >= 11 is 0. The number of rotatable bonds is 0. The number of allylic oxidation sites excluding steroid dienone is 4. The van der Waals surface area contributed by atoms with Gasteiger partial charge in [0.25, 0.3) is 0 Å². The van der Waals surface area contributed by atoms with E-state index in [0.717, 1.165) is 0 Å². The summed E-state index contributed by atoms with van der Waals surface area (Å²) in [6.07, 6.45) is 3.85. The first-order chi connectivity index (χ1) is 8.21. The minimum Gasteiger partial charge on any atom is -0.159 e. The largest absolute Gasteiger partial charge is 0.457 e. The van der Waals surface area contributed by atoms with E-state index in [-0.39, 0.29) is 32.9 Å². The van der Waals surface area contributed by atoms with Crippen molar-refractivity contribution >= 4 is 0 Å². The summed E-state index contributed by atoms with van der Waals surface area (Å²) in [4.78, 5) is 0. The van der Waals surface area contributed by atoms with Crippen molar-refractivity contribution in [2.75, 3.05) is 0 Å². The summed E-state index contributed by atoms with van der Waals surface area (Å²) < 4.78 is 65.5. The van der Waals surface area contributed by atoms with E-state index in [2.05, 4.69) is 24.3 Å². The maximum atomic E-state index is 10.9. The molecule has 0 amide bonds. The summed E-state index contributed by atoms with van der Waals surface area (Å²) in [7, 11) is 0. The predicted molar refractivity (Wildman–Crippen MR) is 56.6 cm³/mol. The molecule has 0 unspecified atom stereocenters.